The van der Waals surface area contributed by atoms with Crippen LogP contribution in [0.3, 0.4) is 0 Å². The summed E-state index contributed by atoms with van der Waals surface area (Å²) in [5, 5.41) is 4.32. The van der Waals surface area contributed by atoms with E-state index in [1.165, 1.54) is 6.07 Å². The molecule has 1 aromatic heterocycles. The topological polar surface area (TPSA) is 65.5 Å². The Bertz CT molecular complexity index is 848. The Hall–Kier alpha value is -2.39. The zero-order valence-electron chi connectivity index (χ0n) is 15.0. The van der Waals surface area contributed by atoms with E-state index in [-0.39, 0.29) is 22.3 Å². The second-order valence-corrected chi connectivity index (χ2v) is 7.47. The van der Waals surface area contributed by atoms with E-state index in [0.717, 1.165) is 36.3 Å². The molecule has 27 heavy (non-hydrogen) atoms. The van der Waals surface area contributed by atoms with Crippen molar-refractivity contribution in [3.8, 4) is 0 Å². The van der Waals surface area contributed by atoms with Crippen LogP contribution in [0.25, 0.3) is 0 Å². The Morgan fingerprint density at radius 1 is 1.22 bits per heavy atom. The van der Waals surface area contributed by atoms with E-state index in [1.54, 1.807) is 10.3 Å². The van der Waals surface area contributed by atoms with E-state index >= 15 is 0 Å². The number of amides is 2. The lowest BCUT2D eigenvalue weighted by molar-refractivity contribution is 0.0658. The van der Waals surface area contributed by atoms with Crippen LogP contribution < -0.4 is 5.32 Å². The van der Waals surface area contributed by atoms with Gasteiger partial charge >= 0.3 is 0 Å². The number of anilines is 1. The number of halogens is 2. The summed E-state index contributed by atoms with van der Waals surface area (Å²) in [5.41, 5.74) is 0.242. The average Bonchev–Trinajstić information content (AvgIpc) is 3.11. The molecule has 0 spiro atoms. The van der Waals surface area contributed by atoms with E-state index in [0.29, 0.717) is 19.1 Å². The SMILES string of the molecule is CN(C)C1CCN(C(=O)c2csc(NC(=O)c3ccc(F)c(F)c3)n2)CC1. The number of nitrogens with one attached hydrogen (secondary N) is 1. The van der Waals surface area contributed by atoms with Crippen LogP contribution >= 0.6 is 11.3 Å². The Labute approximate surface area is 159 Å². The predicted octanol–water partition coefficient (Wildman–Crippen LogP) is 2.84. The second kappa shape index (κ2) is 8.10. The first kappa shape index (κ1) is 19.4. The Kier molecular flexibility index (Phi) is 5.81. The summed E-state index contributed by atoms with van der Waals surface area (Å²) in [5.74, 6) is -2.91. The summed E-state index contributed by atoms with van der Waals surface area (Å²) in [6.07, 6.45) is 1.81. The number of carbonyl (C=O) groups excluding carboxylic acids is 2. The number of hydrogen-bond acceptors (Lipinski definition) is 5. The van der Waals surface area contributed by atoms with Crippen molar-refractivity contribution < 1.29 is 18.4 Å². The van der Waals surface area contributed by atoms with Gasteiger partial charge in [-0.25, -0.2) is 13.8 Å². The third-order valence-corrected chi connectivity index (χ3v) is 5.37. The van der Waals surface area contributed by atoms with Crippen molar-refractivity contribution in [1.82, 2.24) is 14.8 Å². The van der Waals surface area contributed by atoms with E-state index < -0.39 is 17.5 Å². The number of thiazole rings is 1. The highest BCUT2D eigenvalue weighted by atomic mass is 32.1. The van der Waals surface area contributed by atoms with Crippen molar-refractivity contribution in [1.29, 1.82) is 0 Å². The fourth-order valence-electron chi connectivity index (χ4n) is 2.98. The number of carbonyl (C=O) groups is 2. The zero-order valence-corrected chi connectivity index (χ0v) is 15.9. The number of benzene rings is 1. The second-order valence-electron chi connectivity index (χ2n) is 6.61. The Morgan fingerprint density at radius 2 is 1.93 bits per heavy atom. The highest BCUT2D eigenvalue weighted by Gasteiger charge is 2.26. The molecule has 9 heteroatoms. The first-order chi connectivity index (χ1) is 12.8. The van der Waals surface area contributed by atoms with Crippen molar-refractivity contribution in [2.45, 2.75) is 18.9 Å². The molecular weight excluding hydrogens is 374 g/mol. The van der Waals surface area contributed by atoms with Gasteiger partial charge in [0.1, 0.15) is 5.69 Å². The minimum atomic E-state index is -1.10. The monoisotopic (exact) mass is 394 g/mol. The van der Waals surface area contributed by atoms with Crippen molar-refractivity contribution in [2.75, 3.05) is 32.5 Å². The number of rotatable bonds is 4. The lowest BCUT2D eigenvalue weighted by atomic mass is 10.0. The number of aromatic nitrogens is 1. The van der Waals surface area contributed by atoms with Crippen molar-refractivity contribution in [2.24, 2.45) is 0 Å². The maximum atomic E-state index is 13.3. The first-order valence-electron chi connectivity index (χ1n) is 8.53. The van der Waals surface area contributed by atoms with Gasteiger partial charge in [-0.2, -0.15) is 0 Å². The molecule has 2 amide bonds. The Morgan fingerprint density at radius 3 is 2.56 bits per heavy atom. The lowest BCUT2D eigenvalue weighted by Gasteiger charge is -2.34. The molecular formula is C18H20F2N4O2S. The van der Waals surface area contributed by atoms with Crippen LogP contribution in [-0.4, -0.2) is 59.8 Å². The van der Waals surface area contributed by atoms with Crippen molar-refractivity contribution in [3.63, 3.8) is 0 Å². The number of nitrogens with zero attached hydrogens (tertiary/aromatic N) is 3. The van der Waals surface area contributed by atoms with E-state index in [1.807, 2.05) is 14.1 Å². The molecule has 144 valence electrons. The molecule has 1 aromatic carbocycles. The molecule has 1 aliphatic heterocycles. The van der Waals surface area contributed by atoms with Crippen LogP contribution in [0.5, 0.6) is 0 Å². The van der Waals surface area contributed by atoms with Crippen LogP contribution in [0.1, 0.15) is 33.7 Å². The molecule has 0 aliphatic carbocycles. The Balaban J connectivity index is 1.62. The maximum absolute atomic E-state index is 13.3. The molecule has 1 fully saturated rings. The van der Waals surface area contributed by atoms with Crippen LogP contribution in [0.2, 0.25) is 0 Å². The summed E-state index contributed by atoms with van der Waals surface area (Å²) >= 11 is 1.11. The molecule has 1 aliphatic rings. The third-order valence-electron chi connectivity index (χ3n) is 4.61. The van der Waals surface area contributed by atoms with Gasteiger partial charge in [-0.3, -0.25) is 14.9 Å². The molecule has 3 rings (SSSR count). The normalized spacial score (nSPS) is 15.2. The molecule has 0 radical (unpaired) electrons. The molecule has 0 atom stereocenters. The molecule has 2 aromatic rings. The number of piperidine rings is 1. The van der Waals surface area contributed by atoms with Crippen LogP contribution in [0.4, 0.5) is 13.9 Å². The van der Waals surface area contributed by atoms with Gasteiger partial charge in [-0.1, -0.05) is 0 Å². The quantitative estimate of drug-likeness (QED) is 0.866. The minimum absolute atomic E-state index is 0.0252. The summed E-state index contributed by atoms with van der Waals surface area (Å²) in [7, 11) is 4.06. The summed E-state index contributed by atoms with van der Waals surface area (Å²) in [6.45, 7) is 1.32. The standard InChI is InChI=1S/C18H20F2N4O2S/c1-23(2)12-5-7-24(8-6-12)17(26)15-10-27-18(21-15)22-16(25)11-3-4-13(19)14(20)9-11/h3-4,9-10,12H,5-8H2,1-2H3,(H,21,22,25). The highest BCUT2D eigenvalue weighted by molar-refractivity contribution is 7.14. The zero-order chi connectivity index (χ0) is 19.6. The first-order valence-corrected chi connectivity index (χ1v) is 9.40. The third kappa shape index (κ3) is 4.48. The van der Waals surface area contributed by atoms with E-state index in [4.69, 9.17) is 0 Å². The molecule has 0 bridgehead atoms. The summed E-state index contributed by atoms with van der Waals surface area (Å²) < 4.78 is 26.2. The molecule has 1 saturated heterocycles. The van der Waals surface area contributed by atoms with Gasteiger partial charge in [-0.05, 0) is 45.1 Å². The average molecular weight is 394 g/mol. The van der Waals surface area contributed by atoms with Gasteiger partial charge in [-0.15, -0.1) is 11.3 Å². The van der Waals surface area contributed by atoms with Crippen molar-refractivity contribution in [3.05, 3.63) is 46.5 Å². The largest absolute Gasteiger partial charge is 0.337 e. The fourth-order valence-corrected chi connectivity index (χ4v) is 3.66. The minimum Gasteiger partial charge on any atom is -0.337 e. The summed E-state index contributed by atoms with van der Waals surface area (Å²) in [4.78, 5) is 32.8. The molecule has 1 N–H and O–H groups in total. The highest BCUT2D eigenvalue weighted by Crippen LogP contribution is 2.21. The number of likely N-dealkylation sites (tertiary alicyclic amines) is 1. The molecule has 0 unspecified atom stereocenters. The van der Waals surface area contributed by atoms with Gasteiger partial charge in [0, 0.05) is 30.1 Å². The van der Waals surface area contributed by atoms with Gasteiger partial charge in [0.25, 0.3) is 11.8 Å². The fraction of sp³-hybridized carbons (Fsp3) is 0.389. The van der Waals surface area contributed by atoms with E-state index in [2.05, 4.69) is 15.2 Å². The van der Waals surface area contributed by atoms with Crippen LogP contribution in [-0.2, 0) is 0 Å². The molecule has 2 heterocycles. The maximum Gasteiger partial charge on any atom is 0.273 e. The lowest BCUT2D eigenvalue weighted by Crippen LogP contribution is -2.44. The van der Waals surface area contributed by atoms with Crippen molar-refractivity contribution >= 4 is 28.3 Å². The van der Waals surface area contributed by atoms with E-state index in [9.17, 15) is 18.4 Å². The van der Waals surface area contributed by atoms with Gasteiger partial charge < -0.3 is 9.80 Å². The van der Waals surface area contributed by atoms with Gasteiger partial charge in [0.2, 0.25) is 0 Å². The molecule has 6 nitrogen and oxygen atoms in total. The molecule has 0 saturated carbocycles. The smallest absolute Gasteiger partial charge is 0.273 e. The summed E-state index contributed by atoms with van der Waals surface area (Å²) in [6, 6.07) is 3.36. The van der Waals surface area contributed by atoms with Crippen LogP contribution in [0.15, 0.2) is 23.6 Å². The van der Waals surface area contributed by atoms with Gasteiger partial charge in [0.15, 0.2) is 16.8 Å². The van der Waals surface area contributed by atoms with Gasteiger partial charge in [0.05, 0.1) is 0 Å². The predicted molar refractivity (Wildman–Crippen MR) is 99.0 cm³/mol. The number of hydrogen-bond donors (Lipinski definition) is 1. The van der Waals surface area contributed by atoms with Crippen LogP contribution in [0, 0.1) is 11.6 Å².